The molecule has 1 aromatic heterocycles. The Balaban J connectivity index is 2.03. The molecule has 2 aromatic rings. The minimum Gasteiger partial charge on any atom is -0.456 e. The van der Waals surface area contributed by atoms with Gasteiger partial charge in [-0.15, -0.1) is 0 Å². The molecule has 1 aromatic carbocycles. The third kappa shape index (κ3) is 1.65. The summed E-state index contributed by atoms with van der Waals surface area (Å²) in [7, 11) is 1.94. The molecule has 1 N–H and O–H groups in total. The summed E-state index contributed by atoms with van der Waals surface area (Å²) in [5.41, 5.74) is 0.857. The van der Waals surface area contributed by atoms with Crippen LogP contribution in [0.1, 0.15) is 39.5 Å². The van der Waals surface area contributed by atoms with Crippen LogP contribution in [0.4, 0.5) is 4.39 Å². The Morgan fingerprint density at radius 2 is 1.85 bits per heavy atom. The van der Waals surface area contributed by atoms with E-state index in [2.05, 4.69) is 33.0 Å². The van der Waals surface area contributed by atoms with Crippen molar-refractivity contribution in [2.75, 3.05) is 7.05 Å². The number of furan rings is 1. The molecule has 0 radical (unpaired) electrons. The minimum atomic E-state index is -0.294. The lowest BCUT2D eigenvalue weighted by Gasteiger charge is -2.15. The second-order valence-electron chi connectivity index (χ2n) is 6.99. The van der Waals surface area contributed by atoms with Crippen molar-refractivity contribution in [1.82, 2.24) is 5.32 Å². The summed E-state index contributed by atoms with van der Waals surface area (Å²) in [6.45, 7) is 9.13. The van der Waals surface area contributed by atoms with Crippen LogP contribution in [0.25, 0.3) is 11.0 Å². The molecule has 0 spiro atoms. The Kier molecular flexibility index (Phi) is 2.78. The molecule has 1 saturated carbocycles. The Morgan fingerprint density at radius 3 is 2.35 bits per heavy atom. The number of hydrogen-bond donors (Lipinski definition) is 1. The number of benzene rings is 1. The van der Waals surface area contributed by atoms with Crippen molar-refractivity contribution in [3.05, 3.63) is 35.8 Å². The molecule has 0 aliphatic heterocycles. The van der Waals surface area contributed by atoms with Gasteiger partial charge in [0.2, 0.25) is 0 Å². The zero-order chi connectivity index (χ0) is 14.7. The van der Waals surface area contributed by atoms with Gasteiger partial charge < -0.3 is 9.73 Å². The maximum atomic E-state index is 13.8. The first-order chi connectivity index (χ1) is 9.30. The van der Waals surface area contributed by atoms with Crippen LogP contribution in [-0.4, -0.2) is 7.05 Å². The molecule has 0 bridgehead atoms. The summed E-state index contributed by atoms with van der Waals surface area (Å²) in [5.74, 6) is 1.01. The average molecular weight is 275 g/mol. The highest BCUT2D eigenvalue weighted by atomic mass is 19.1. The predicted octanol–water partition coefficient (Wildman–Crippen LogP) is 4.51. The zero-order valence-electron chi connectivity index (χ0n) is 12.8. The van der Waals surface area contributed by atoms with Crippen LogP contribution in [0.5, 0.6) is 0 Å². The van der Waals surface area contributed by atoms with Crippen LogP contribution in [0, 0.1) is 22.6 Å². The quantitative estimate of drug-likeness (QED) is 0.891. The largest absolute Gasteiger partial charge is 0.456 e. The van der Waals surface area contributed by atoms with E-state index in [0.717, 1.165) is 11.1 Å². The van der Waals surface area contributed by atoms with E-state index in [4.69, 9.17) is 4.42 Å². The molecule has 1 atom stereocenters. The normalized spacial score (nSPS) is 22.1. The third-order valence-electron chi connectivity index (χ3n) is 5.60. The smallest absolute Gasteiger partial charge is 0.169 e. The summed E-state index contributed by atoms with van der Waals surface area (Å²) >= 11 is 0. The van der Waals surface area contributed by atoms with E-state index in [0.29, 0.717) is 11.5 Å². The van der Waals surface area contributed by atoms with Crippen molar-refractivity contribution in [3.8, 4) is 0 Å². The Hall–Kier alpha value is -1.35. The first-order valence-electron chi connectivity index (χ1n) is 7.16. The molecule has 3 rings (SSSR count). The van der Waals surface area contributed by atoms with E-state index in [9.17, 15) is 4.39 Å². The van der Waals surface area contributed by atoms with Crippen LogP contribution >= 0.6 is 0 Å². The highest BCUT2D eigenvalue weighted by molar-refractivity contribution is 5.78. The fourth-order valence-electron chi connectivity index (χ4n) is 3.75. The number of para-hydroxylation sites is 1. The molecule has 0 amide bonds. The van der Waals surface area contributed by atoms with Gasteiger partial charge in [-0.05, 0) is 35.9 Å². The number of fused-ring (bicyclic) bond motifs is 1. The zero-order valence-corrected chi connectivity index (χ0v) is 12.8. The van der Waals surface area contributed by atoms with Gasteiger partial charge in [0.1, 0.15) is 5.76 Å². The predicted molar refractivity (Wildman–Crippen MR) is 79.0 cm³/mol. The number of halogens is 1. The lowest BCUT2D eigenvalue weighted by molar-refractivity contribution is 0.367. The molecule has 108 valence electrons. The molecule has 1 heterocycles. The van der Waals surface area contributed by atoms with E-state index in [1.807, 2.05) is 19.2 Å². The van der Waals surface area contributed by atoms with Crippen LogP contribution in [0.3, 0.4) is 0 Å². The van der Waals surface area contributed by atoms with Crippen LogP contribution in [0.2, 0.25) is 0 Å². The maximum absolute atomic E-state index is 13.8. The van der Waals surface area contributed by atoms with Gasteiger partial charge in [-0.3, -0.25) is 0 Å². The van der Waals surface area contributed by atoms with Crippen LogP contribution in [-0.2, 0) is 0 Å². The van der Waals surface area contributed by atoms with Gasteiger partial charge in [0, 0.05) is 5.39 Å². The monoisotopic (exact) mass is 275 g/mol. The summed E-state index contributed by atoms with van der Waals surface area (Å²) in [4.78, 5) is 0. The Morgan fingerprint density at radius 1 is 1.20 bits per heavy atom. The van der Waals surface area contributed by atoms with E-state index < -0.39 is 0 Å². The van der Waals surface area contributed by atoms with Gasteiger partial charge >= 0.3 is 0 Å². The summed E-state index contributed by atoms with van der Waals surface area (Å²) in [6, 6.07) is 7.13. The van der Waals surface area contributed by atoms with Crippen molar-refractivity contribution in [2.45, 2.75) is 33.7 Å². The number of rotatable bonds is 3. The SMILES string of the molecule is CNC(c1cc2cccc(F)c2o1)C1C(C)(C)C1(C)C. The molecule has 1 fully saturated rings. The topological polar surface area (TPSA) is 25.2 Å². The van der Waals surface area contributed by atoms with Crippen LogP contribution in [0.15, 0.2) is 28.7 Å². The van der Waals surface area contributed by atoms with Crippen molar-refractivity contribution in [2.24, 2.45) is 16.7 Å². The lowest BCUT2D eigenvalue weighted by Crippen LogP contribution is -2.20. The van der Waals surface area contributed by atoms with Gasteiger partial charge in [-0.25, -0.2) is 4.39 Å². The van der Waals surface area contributed by atoms with Gasteiger partial charge in [-0.2, -0.15) is 0 Å². The summed E-state index contributed by atoms with van der Waals surface area (Å²) in [6.07, 6.45) is 0. The van der Waals surface area contributed by atoms with Gasteiger partial charge in [-0.1, -0.05) is 39.8 Å². The summed E-state index contributed by atoms with van der Waals surface area (Å²) < 4.78 is 19.6. The highest BCUT2D eigenvalue weighted by Crippen LogP contribution is 2.72. The second-order valence-corrected chi connectivity index (χ2v) is 6.99. The second kappa shape index (κ2) is 4.08. The van der Waals surface area contributed by atoms with E-state index >= 15 is 0 Å². The maximum Gasteiger partial charge on any atom is 0.169 e. The molecule has 0 saturated heterocycles. The van der Waals surface area contributed by atoms with Crippen molar-refractivity contribution in [1.29, 1.82) is 0 Å². The van der Waals surface area contributed by atoms with E-state index in [-0.39, 0.29) is 22.7 Å². The van der Waals surface area contributed by atoms with Crippen LogP contribution < -0.4 is 5.32 Å². The molecule has 1 unspecified atom stereocenters. The molecular formula is C17H22FNO. The van der Waals surface area contributed by atoms with Gasteiger partial charge in [0.05, 0.1) is 6.04 Å². The highest BCUT2D eigenvalue weighted by Gasteiger charge is 2.67. The van der Waals surface area contributed by atoms with Gasteiger partial charge in [0.15, 0.2) is 11.4 Å². The Labute approximate surface area is 119 Å². The van der Waals surface area contributed by atoms with Crippen molar-refractivity contribution >= 4 is 11.0 Å². The molecule has 3 heteroatoms. The number of nitrogens with one attached hydrogen (secondary N) is 1. The summed E-state index contributed by atoms with van der Waals surface area (Å²) in [5, 5.41) is 4.19. The molecule has 20 heavy (non-hydrogen) atoms. The minimum absolute atomic E-state index is 0.117. The first kappa shape index (κ1) is 13.6. The van der Waals surface area contributed by atoms with Gasteiger partial charge in [0.25, 0.3) is 0 Å². The fourth-order valence-corrected chi connectivity index (χ4v) is 3.75. The molecule has 1 aliphatic rings. The lowest BCUT2D eigenvalue weighted by atomic mass is 10.0. The van der Waals surface area contributed by atoms with E-state index in [1.165, 1.54) is 6.07 Å². The van der Waals surface area contributed by atoms with E-state index in [1.54, 1.807) is 6.07 Å². The molecule has 2 nitrogen and oxygen atoms in total. The van der Waals surface area contributed by atoms with Crippen molar-refractivity contribution in [3.63, 3.8) is 0 Å². The third-order valence-corrected chi connectivity index (χ3v) is 5.60. The average Bonchev–Trinajstić information content (AvgIpc) is 2.72. The molecule has 1 aliphatic carbocycles. The Bertz CT molecular complexity index is 642. The van der Waals surface area contributed by atoms with Crippen molar-refractivity contribution < 1.29 is 8.81 Å². The standard InChI is InChI=1S/C17H22FNO/c1-16(2)15(17(16,3)4)13(19-5)12-9-10-7-6-8-11(18)14(10)20-12/h6-9,13,15,19H,1-5H3. The number of hydrogen-bond acceptors (Lipinski definition) is 2. The molecular weight excluding hydrogens is 253 g/mol. The fraction of sp³-hybridized carbons (Fsp3) is 0.529. The first-order valence-corrected chi connectivity index (χ1v) is 7.16.